The van der Waals surface area contributed by atoms with Crippen molar-refractivity contribution in [2.24, 2.45) is 5.92 Å². The van der Waals surface area contributed by atoms with Crippen molar-refractivity contribution in [3.8, 4) is 0 Å². The summed E-state index contributed by atoms with van der Waals surface area (Å²) in [5, 5.41) is 0.386. The molecule has 0 amide bonds. The maximum Gasteiger partial charge on any atom is 0.243 e. The standard InChI is InChI=1S/C19H16ClF2NO3S/c20-11-1-5-14(6-2-11)27(25,26)23-13-4-7-15(18(24)10-13)19(23)16-9-12(21)3-8-17(16)22/h1-3,5-6,8-9,13,15,19H,4,7,10H2/t13-,15+,19+/m0/s1. The minimum atomic E-state index is -4.03. The van der Waals surface area contributed by atoms with Crippen LogP contribution in [-0.2, 0) is 14.8 Å². The quantitative estimate of drug-likeness (QED) is 0.764. The minimum absolute atomic E-state index is 0.00807. The smallest absolute Gasteiger partial charge is 0.243 e. The second kappa shape index (κ2) is 6.65. The molecular weight excluding hydrogens is 396 g/mol. The van der Waals surface area contributed by atoms with Gasteiger partial charge in [0.1, 0.15) is 17.4 Å². The van der Waals surface area contributed by atoms with Crippen molar-refractivity contribution in [2.45, 2.75) is 36.2 Å². The minimum Gasteiger partial charge on any atom is -0.299 e. The highest BCUT2D eigenvalue weighted by atomic mass is 35.5. The van der Waals surface area contributed by atoms with Crippen LogP contribution in [0.2, 0.25) is 5.02 Å². The van der Waals surface area contributed by atoms with Gasteiger partial charge in [-0.25, -0.2) is 17.2 Å². The van der Waals surface area contributed by atoms with Crippen molar-refractivity contribution < 1.29 is 22.0 Å². The fraction of sp³-hybridized carbons (Fsp3) is 0.316. The normalized spacial score (nSPS) is 25.7. The van der Waals surface area contributed by atoms with Crippen molar-refractivity contribution in [3.05, 3.63) is 64.7 Å². The summed E-state index contributed by atoms with van der Waals surface area (Å²) in [7, 11) is -4.03. The summed E-state index contributed by atoms with van der Waals surface area (Å²) in [6.07, 6.45) is 1.05. The number of sulfonamides is 1. The molecule has 0 aromatic heterocycles. The number of hydrogen-bond acceptors (Lipinski definition) is 3. The molecule has 2 aromatic carbocycles. The van der Waals surface area contributed by atoms with E-state index >= 15 is 0 Å². The molecule has 3 atom stereocenters. The molecule has 3 fully saturated rings. The van der Waals surface area contributed by atoms with Gasteiger partial charge in [0, 0.05) is 29.0 Å². The molecular formula is C19H16ClF2NO3S. The maximum atomic E-state index is 14.5. The van der Waals surface area contributed by atoms with Gasteiger partial charge >= 0.3 is 0 Å². The van der Waals surface area contributed by atoms with E-state index in [1.807, 2.05) is 0 Å². The monoisotopic (exact) mass is 411 g/mol. The second-order valence-electron chi connectivity index (χ2n) is 6.91. The Balaban J connectivity index is 1.87. The van der Waals surface area contributed by atoms with Crippen molar-refractivity contribution >= 4 is 27.4 Å². The first kappa shape index (κ1) is 18.5. The van der Waals surface area contributed by atoms with E-state index in [1.54, 1.807) is 0 Å². The van der Waals surface area contributed by atoms with E-state index in [-0.39, 0.29) is 22.7 Å². The third-order valence-corrected chi connectivity index (χ3v) is 7.54. The zero-order chi connectivity index (χ0) is 19.3. The lowest BCUT2D eigenvalue weighted by Crippen LogP contribution is -2.56. The summed E-state index contributed by atoms with van der Waals surface area (Å²) in [6, 6.07) is 6.96. The lowest BCUT2D eigenvalue weighted by atomic mass is 9.73. The Morgan fingerprint density at radius 1 is 1.04 bits per heavy atom. The van der Waals surface area contributed by atoms with Gasteiger partial charge in [0.15, 0.2) is 0 Å². The summed E-state index contributed by atoms with van der Waals surface area (Å²) in [5.41, 5.74) is -0.102. The lowest BCUT2D eigenvalue weighted by Gasteiger charge is -2.49. The van der Waals surface area contributed by atoms with Crippen LogP contribution in [0.4, 0.5) is 8.78 Å². The fourth-order valence-corrected chi connectivity index (χ4v) is 6.12. The molecule has 0 spiro atoms. The van der Waals surface area contributed by atoms with Crippen LogP contribution in [0.1, 0.15) is 30.9 Å². The Morgan fingerprint density at radius 3 is 2.41 bits per heavy atom. The predicted octanol–water partition coefficient (Wildman–Crippen LogP) is 4.10. The highest BCUT2D eigenvalue weighted by molar-refractivity contribution is 7.89. The third-order valence-electron chi connectivity index (χ3n) is 5.34. The van der Waals surface area contributed by atoms with Crippen LogP contribution in [0.25, 0.3) is 0 Å². The molecule has 0 radical (unpaired) electrons. The first-order valence-corrected chi connectivity index (χ1v) is 10.4. The number of hydrogen-bond donors (Lipinski definition) is 0. The summed E-state index contributed by atoms with van der Waals surface area (Å²) in [4.78, 5) is 12.4. The summed E-state index contributed by atoms with van der Waals surface area (Å²) < 4.78 is 56.2. The first-order chi connectivity index (χ1) is 12.8. The van der Waals surface area contributed by atoms with Crippen LogP contribution in [0.15, 0.2) is 47.4 Å². The van der Waals surface area contributed by atoms with Crippen LogP contribution in [-0.4, -0.2) is 24.5 Å². The summed E-state index contributed by atoms with van der Waals surface area (Å²) in [5.74, 6) is -2.20. The molecule has 0 N–H and O–H groups in total. The van der Waals surface area contributed by atoms with Gasteiger partial charge in [-0.05, 0) is 55.3 Å². The number of fused-ring (bicyclic) bond motifs is 3. The largest absolute Gasteiger partial charge is 0.299 e. The molecule has 2 heterocycles. The molecule has 3 aliphatic rings. The van der Waals surface area contributed by atoms with E-state index < -0.39 is 39.7 Å². The molecule has 142 valence electrons. The number of Topliss-reactive ketones (excluding diaryl/α,β-unsaturated/α-hetero) is 1. The molecule has 8 heteroatoms. The van der Waals surface area contributed by atoms with Crippen LogP contribution in [0.5, 0.6) is 0 Å². The Kier molecular flexibility index (Phi) is 4.56. The van der Waals surface area contributed by atoms with Gasteiger partial charge in [-0.1, -0.05) is 11.6 Å². The molecule has 2 aromatic rings. The average molecular weight is 412 g/mol. The van der Waals surface area contributed by atoms with Crippen molar-refractivity contribution in [2.75, 3.05) is 0 Å². The van der Waals surface area contributed by atoms with Crippen LogP contribution in [0.3, 0.4) is 0 Å². The van der Waals surface area contributed by atoms with E-state index in [2.05, 4.69) is 0 Å². The number of benzene rings is 2. The van der Waals surface area contributed by atoms with Crippen molar-refractivity contribution in [3.63, 3.8) is 0 Å². The number of nitrogens with zero attached hydrogens (tertiary/aromatic N) is 1. The SMILES string of the molecule is O=C1C[C@@H]2CC[C@H]1[C@H](c1cc(F)ccc1F)N2S(=O)(=O)c1ccc(Cl)cc1. The van der Waals surface area contributed by atoms with E-state index in [1.165, 1.54) is 28.6 Å². The van der Waals surface area contributed by atoms with Crippen molar-refractivity contribution in [1.29, 1.82) is 0 Å². The van der Waals surface area contributed by atoms with E-state index in [0.717, 1.165) is 18.2 Å². The second-order valence-corrected chi connectivity index (χ2v) is 9.19. The van der Waals surface area contributed by atoms with E-state index in [4.69, 9.17) is 11.6 Å². The number of carbonyl (C=O) groups is 1. The molecule has 1 aliphatic carbocycles. The molecule has 1 saturated carbocycles. The Morgan fingerprint density at radius 2 is 1.74 bits per heavy atom. The number of rotatable bonds is 3. The zero-order valence-corrected chi connectivity index (χ0v) is 15.7. The first-order valence-electron chi connectivity index (χ1n) is 8.56. The van der Waals surface area contributed by atoms with Gasteiger partial charge in [0.25, 0.3) is 0 Å². The average Bonchev–Trinajstić information content (AvgIpc) is 2.63. The van der Waals surface area contributed by atoms with E-state index in [0.29, 0.717) is 17.9 Å². The number of ketones is 1. The van der Waals surface area contributed by atoms with Crippen molar-refractivity contribution in [1.82, 2.24) is 4.31 Å². The lowest BCUT2D eigenvalue weighted by molar-refractivity contribution is -0.133. The number of piperidine rings is 2. The molecule has 2 aliphatic heterocycles. The molecule has 4 nitrogen and oxygen atoms in total. The summed E-state index contributed by atoms with van der Waals surface area (Å²) in [6.45, 7) is 0. The Labute approximate surface area is 160 Å². The predicted molar refractivity (Wildman–Crippen MR) is 95.7 cm³/mol. The van der Waals surface area contributed by atoms with Crippen LogP contribution < -0.4 is 0 Å². The highest BCUT2D eigenvalue weighted by Gasteiger charge is 2.52. The van der Waals surface area contributed by atoms with Crippen LogP contribution >= 0.6 is 11.6 Å². The molecule has 5 rings (SSSR count). The topological polar surface area (TPSA) is 54.5 Å². The van der Waals surface area contributed by atoms with Gasteiger partial charge in [0.05, 0.1) is 10.9 Å². The maximum absolute atomic E-state index is 14.5. The van der Waals surface area contributed by atoms with Gasteiger partial charge in [0.2, 0.25) is 10.0 Å². The third kappa shape index (κ3) is 3.07. The number of halogens is 3. The highest BCUT2D eigenvalue weighted by Crippen LogP contribution is 2.49. The van der Waals surface area contributed by atoms with E-state index in [9.17, 15) is 22.0 Å². The van der Waals surface area contributed by atoms with Crippen LogP contribution in [0, 0.1) is 17.6 Å². The van der Waals surface area contributed by atoms with Gasteiger partial charge in [-0.2, -0.15) is 4.31 Å². The molecule has 0 unspecified atom stereocenters. The fourth-order valence-electron chi connectivity index (χ4n) is 4.14. The summed E-state index contributed by atoms with van der Waals surface area (Å²) >= 11 is 5.85. The molecule has 2 saturated heterocycles. The zero-order valence-electron chi connectivity index (χ0n) is 14.1. The van der Waals surface area contributed by atoms with Gasteiger partial charge in [-0.15, -0.1) is 0 Å². The number of carbonyl (C=O) groups excluding carboxylic acids is 1. The Hall–Kier alpha value is -1.83. The Bertz CT molecular complexity index is 1010. The molecule has 27 heavy (non-hydrogen) atoms. The van der Waals surface area contributed by atoms with Gasteiger partial charge in [-0.3, -0.25) is 4.79 Å². The molecule has 2 bridgehead atoms. The van der Waals surface area contributed by atoms with Gasteiger partial charge < -0.3 is 0 Å².